The van der Waals surface area contributed by atoms with Gasteiger partial charge in [0, 0.05) is 0 Å². The summed E-state index contributed by atoms with van der Waals surface area (Å²) in [6.45, 7) is -1.16. The SMILES string of the molecule is C[As+](C)(C)CC1OC(OCC(O)COS(=O)(=O)[O-])C(O)C1O. The van der Waals surface area contributed by atoms with Crippen molar-refractivity contribution in [3.8, 4) is 0 Å². The van der Waals surface area contributed by atoms with Gasteiger partial charge in [0.1, 0.15) is 0 Å². The van der Waals surface area contributed by atoms with Crippen LogP contribution in [0.4, 0.5) is 0 Å². The first-order chi connectivity index (χ1) is 9.89. The number of hydrogen-bond acceptors (Lipinski definition) is 9. The molecule has 0 aliphatic carbocycles. The van der Waals surface area contributed by atoms with Gasteiger partial charge in [-0.05, 0) is 0 Å². The molecule has 0 radical (unpaired) electrons. The average Bonchev–Trinajstić information content (AvgIpc) is 2.59. The fraction of sp³-hybridized carbons (Fsp3) is 1.00. The van der Waals surface area contributed by atoms with Crippen molar-refractivity contribution in [1.82, 2.24) is 0 Å². The Kier molecular flexibility index (Phi) is 7.25. The topological polar surface area (TPSA) is 146 Å². The van der Waals surface area contributed by atoms with Gasteiger partial charge in [-0.25, -0.2) is 0 Å². The minimum absolute atomic E-state index is 0.410. The standard InChI is InChI=1S/C11H23AsO9S/c1-12(2,3)4-8-9(14)10(15)11(21-8)19-5-7(13)6-20-22(16,17)18/h7-11,13-15H,4-6H2,1-3H3. The summed E-state index contributed by atoms with van der Waals surface area (Å²) < 4.78 is 45.2. The molecule has 0 aromatic heterocycles. The number of hydrogen-bond donors (Lipinski definition) is 3. The third-order valence-corrected chi connectivity index (χ3v) is 6.38. The van der Waals surface area contributed by atoms with Gasteiger partial charge in [0.25, 0.3) is 0 Å². The minimum atomic E-state index is -4.89. The molecule has 1 saturated heterocycles. The second-order valence-corrected chi connectivity index (χ2v) is 17.6. The van der Waals surface area contributed by atoms with Crippen LogP contribution in [0.15, 0.2) is 0 Å². The van der Waals surface area contributed by atoms with Crippen molar-refractivity contribution in [2.45, 2.75) is 53.0 Å². The van der Waals surface area contributed by atoms with E-state index in [0.717, 1.165) is 0 Å². The van der Waals surface area contributed by atoms with Crippen molar-refractivity contribution < 1.29 is 41.9 Å². The molecule has 0 spiro atoms. The van der Waals surface area contributed by atoms with Crippen LogP contribution in [0, 0.1) is 0 Å². The van der Waals surface area contributed by atoms with Crippen molar-refractivity contribution in [3.05, 3.63) is 0 Å². The molecule has 1 rings (SSSR count). The fourth-order valence-corrected chi connectivity index (χ4v) is 5.18. The molecule has 132 valence electrons. The molecule has 5 atom stereocenters. The third kappa shape index (κ3) is 7.20. The van der Waals surface area contributed by atoms with Crippen molar-refractivity contribution in [3.63, 3.8) is 0 Å². The van der Waals surface area contributed by atoms with Crippen LogP contribution in [0.3, 0.4) is 0 Å². The van der Waals surface area contributed by atoms with Crippen LogP contribution in [0.2, 0.25) is 22.3 Å². The summed E-state index contributed by atoms with van der Waals surface area (Å²) in [4.78, 5) is 0. The van der Waals surface area contributed by atoms with Gasteiger partial charge in [0.05, 0.1) is 0 Å². The normalized spacial score (nSPS) is 31.4. The molecule has 22 heavy (non-hydrogen) atoms. The van der Waals surface area contributed by atoms with Gasteiger partial charge in [-0.15, -0.1) is 0 Å². The summed E-state index contributed by atoms with van der Waals surface area (Å²) in [5.74, 6) is 0. The average molecular weight is 406 g/mol. The Hall–Kier alpha value is 0.228. The predicted octanol–water partition coefficient (Wildman–Crippen LogP) is -1.37. The number of aliphatic hydroxyl groups is 3. The zero-order valence-corrected chi connectivity index (χ0v) is 15.3. The Morgan fingerprint density at radius 2 is 1.82 bits per heavy atom. The van der Waals surface area contributed by atoms with Crippen LogP contribution in [0.5, 0.6) is 0 Å². The van der Waals surface area contributed by atoms with Gasteiger partial charge >= 0.3 is 132 Å². The van der Waals surface area contributed by atoms with E-state index in [-0.39, 0.29) is 0 Å². The first kappa shape index (κ1) is 20.3. The first-order valence-corrected chi connectivity index (χ1v) is 14.9. The van der Waals surface area contributed by atoms with E-state index < -0.39 is 67.9 Å². The van der Waals surface area contributed by atoms with Crippen LogP contribution < -0.4 is 0 Å². The van der Waals surface area contributed by atoms with E-state index in [1.165, 1.54) is 0 Å². The first-order valence-electron chi connectivity index (χ1n) is 6.61. The number of ether oxygens (including phenoxy) is 2. The quantitative estimate of drug-likeness (QED) is 0.252. The van der Waals surface area contributed by atoms with Crippen molar-refractivity contribution in [2.24, 2.45) is 0 Å². The Balaban J connectivity index is 2.43. The molecule has 1 aliphatic heterocycles. The third-order valence-electron chi connectivity index (χ3n) is 2.90. The number of rotatable bonds is 8. The van der Waals surface area contributed by atoms with Gasteiger partial charge in [-0.2, -0.15) is 0 Å². The van der Waals surface area contributed by atoms with Crippen LogP contribution in [-0.2, 0) is 24.1 Å². The van der Waals surface area contributed by atoms with E-state index in [2.05, 4.69) is 21.3 Å². The van der Waals surface area contributed by atoms with E-state index >= 15 is 0 Å². The van der Waals surface area contributed by atoms with Gasteiger partial charge in [0.15, 0.2) is 0 Å². The monoisotopic (exact) mass is 406 g/mol. The van der Waals surface area contributed by atoms with Crippen molar-refractivity contribution >= 4 is 24.0 Å². The van der Waals surface area contributed by atoms with Crippen LogP contribution >= 0.6 is 0 Å². The van der Waals surface area contributed by atoms with E-state index in [1.54, 1.807) is 0 Å². The summed E-state index contributed by atoms with van der Waals surface area (Å²) in [6.07, 6.45) is -5.39. The van der Waals surface area contributed by atoms with E-state index in [1.807, 2.05) is 0 Å². The van der Waals surface area contributed by atoms with Gasteiger partial charge in [-0.3, -0.25) is 0 Å². The Bertz CT molecular complexity index is 449. The Morgan fingerprint density at radius 1 is 1.23 bits per heavy atom. The molecule has 3 N–H and O–H groups in total. The molecule has 0 bridgehead atoms. The van der Waals surface area contributed by atoms with E-state index in [4.69, 9.17) is 9.47 Å². The summed E-state index contributed by atoms with van der Waals surface area (Å²) in [5.41, 5.74) is 6.37. The Morgan fingerprint density at radius 3 is 2.32 bits per heavy atom. The molecular weight excluding hydrogens is 383 g/mol. The molecule has 0 aromatic rings. The summed E-state index contributed by atoms with van der Waals surface area (Å²) >= 11 is -1.86. The second kappa shape index (κ2) is 7.87. The van der Waals surface area contributed by atoms with Gasteiger partial charge in [0.2, 0.25) is 0 Å². The summed E-state index contributed by atoms with van der Waals surface area (Å²) in [7, 11) is -4.89. The molecule has 11 heteroatoms. The predicted molar refractivity (Wildman–Crippen MR) is 76.4 cm³/mol. The fourth-order valence-electron chi connectivity index (χ4n) is 1.96. The van der Waals surface area contributed by atoms with Crippen molar-refractivity contribution in [1.29, 1.82) is 0 Å². The van der Waals surface area contributed by atoms with E-state index in [0.29, 0.717) is 5.21 Å². The molecule has 5 unspecified atom stereocenters. The van der Waals surface area contributed by atoms with E-state index in [9.17, 15) is 28.3 Å². The molecule has 1 aliphatic rings. The Labute approximate surface area is 132 Å². The molecular formula is C11H23AsO9S. The molecule has 9 nitrogen and oxygen atoms in total. The molecule has 0 aromatic carbocycles. The molecule has 0 amide bonds. The van der Waals surface area contributed by atoms with Crippen LogP contribution in [0.1, 0.15) is 0 Å². The second-order valence-electron chi connectivity index (χ2n) is 6.18. The van der Waals surface area contributed by atoms with Gasteiger partial charge in [-0.1, -0.05) is 0 Å². The molecule has 1 heterocycles. The molecule has 0 saturated carbocycles. The van der Waals surface area contributed by atoms with Crippen LogP contribution in [0.25, 0.3) is 0 Å². The maximum atomic E-state index is 10.2. The summed E-state index contributed by atoms with van der Waals surface area (Å²) in [6, 6.07) is 0. The maximum absolute atomic E-state index is 10.2. The number of aliphatic hydroxyl groups excluding tert-OH is 3. The van der Waals surface area contributed by atoms with Crippen LogP contribution in [-0.4, -0.2) is 85.8 Å². The summed E-state index contributed by atoms with van der Waals surface area (Å²) in [5, 5.41) is 29.9. The molecule has 1 fully saturated rings. The van der Waals surface area contributed by atoms with Gasteiger partial charge < -0.3 is 0 Å². The zero-order valence-electron chi connectivity index (χ0n) is 12.7. The zero-order chi connectivity index (χ0) is 17.1. The van der Waals surface area contributed by atoms with Crippen molar-refractivity contribution in [2.75, 3.05) is 13.2 Å².